The molecule has 4 heteroatoms. The van der Waals surface area contributed by atoms with E-state index in [1.807, 2.05) is 0 Å². The minimum Gasteiger partial charge on any atom is -0.375 e. The normalized spacial score (nSPS) is 16.5. The molecule has 0 N–H and O–H groups in total. The van der Waals surface area contributed by atoms with Crippen LogP contribution in [0, 0.1) is 0 Å². The number of para-hydroxylation sites is 1. The van der Waals surface area contributed by atoms with Crippen molar-refractivity contribution < 1.29 is 0 Å². The molecule has 0 spiro atoms. The zero-order valence-corrected chi connectivity index (χ0v) is 24.5. The molecule has 0 aliphatic carbocycles. The van der Waals surface area contributed by atoms with Gasteiger partial charge in [0.05, 0.1) is 11.4 Å². The summed E-state index contributed by atoms with van der Waals surface area (Å²) in [6.45, 7) is 5.37. The van der Waals surface area contributed by atoms with Gasteiger partial charge in [-0.15, -0.1) is 12.4 Å². The molecule has 4 aromatic rings. The monoisotopic (exact) mass is 559 g/mol. The fourth-order valence-electron chi connectivity index (χ4n) is 5.96. The van der Waals surface area contributed by atoms with E-state index in [1.165, 1.54) is 33.5 Å². The van der Waals surface area contributed by atoms with Crippen molar-refractivity contribution in [2.75, 3.05) is 13.1 Å². The smallest absolute Gasteiger partial charge is 0.0709 e. The van der Waals surface area contributed by atoms with Crippen molar-refractivity contribution in [3.05, 3.63) is 149 Å². The van der Waals surface area contributed by atoms with Crippen molar-refractivity contribution >= 4 is 35.5 Å². The summed E-state index contributed by atoms with van der Waals surface area (Å²) in [7, 11) is 0. The van der Waals surface area contributed by atoms with Gasteiger partial charge in [-0.2, -0.15) is 0 Å². The molecule has 0 amide bonds. The third kappa shape index (κ3) is 6.81. The number of allylic oxidation sites excluding steroid dienone is 2. The lowest BCUT2D eigenvalue weighted by Crippen LogP contribution is -2.42. The van der Waals surface area contributed by atoms with Gasteiger partial charge in [-0.05, 0) is 54.2 Å². The number of halogens is 1. The van der Waals surface area contributed by atoms with Crippen molar-refractivity contribution in [1.82, 2.24) is 9.80 Å². The fraction of sp³-hybridized carbons (Fsp3) is 0.216. The largest absolute Gasteiger partial charge is 0.375 e. The van der Waals surface area contributed by atoms with Crippen LogP contribution < -0.4 is 0 Å². The molecule has 0 bridgehead atoms. The van der Waals surface area contributed by atoms with Gasteiger partial charge in [0.1, 0.15) is 0 Å². The molecular weight excluding hydrogens is 522 g/mol. The summed E-state index contributed by atoms with van der Waals surface area (Å²) in [4.78, 5) is 10.2. The summed E-state index contributed by atoms with van der Waals surface area (Å²) < 4.78 is 0. The highest BCUT2D eigenvalue weighted by Gasteiger charge is 2.27. The predicted octanol–water partition coefficient (Wildman–Crippen LogP) is 9.00. The van der Waals surface area contributed by atoms with Gasteiger partial charge >= 0.3 is 0 Å². The van der Waals surface area contributed by atoms with Crippen molar-refractivity contribution in [1.29, 1.82) is 0 Å². The molecule has 41 heavy (non-hydrogen) atoms. The van der Waals surface area contributed by atoms with Gasteiger partial charge in [0.2, 0.25) is 0 Å². The van der Waals surface area contributed by atoms with Crippen molar-refractivity contribution in [3.63, 3.8) is 0 Å². The van der Waals surface area contributed by atoms with Crippen molar-refractivity contribution in [3.8, 4) is 0 Å². The SMILES string of the molecule is CC(=C1CC(c2ccccc2)=Nc2ccccc21)N1CCC(N(C=Cc2ccccc2)Cc2ccccc2)CC1.Cl. The van der Waals surface area contributed by atoms with Crippen LogP contribution in [0.1, 0.15) is 48.4 Å². The minimum absolute atomic E-state index is 0. The Labute approximate surface area is 251 Å². The fourth-order valence-corrected chi connectivity index (χ4v) is 5.96. The maximum absolute atomic E-state index is 5.06. The second-order valence-corrected chi connectivity index (χ2v) is 10.8. The number of benzene rings is 4. The molecule has 0 unspecified atom stereocenters. The summed E-state index contributed by atoms with van der Waals surface area (Å²) in [6, 6.07) is 41.2. The van der Waals surface area contributed by atoms with Gasteiger partial charge in [-0.3, -0.25) is 4.99 Å². The molecular formula is C37H38ClN3. The topological polar surface area (TPSA) is 18.8 Å². The number of fused-ring (bicyclic) bond motifs is 1. The number of nitrogens with zero attached hydrogens (tertiary/aromatic N) is 3. The maximum atomic E-state index is 5.06. The first-order chi connectivity index (χ1) is 19.7. The van der Waals surface area contributed by atoms with E-state index in [-0.39, 0.29) is 12.4 Å². The second kappa shape index (κ2) is 13.5. The third-order valence-corrected chi connectivity index (χ3v) is 8.25. The van der Waals surface area contributed by atoms with Crippen molar-refractivity contribution in [2.45, 2.75) is 38.8 Å². The number of hydrogen-bond donors (Lipinski definition) is 0. The lowest BCUT2D eigenvalue weighted by atomic mass is 9.90. The molecule has 1 fully saturated rings. The highest BCUT2D eigenvalue weighted by Crippen LogP contribution is 2.38. The Bertz CT molecular complexity index is 1500. The quantitative estimate of drug-likeness (QED) is 0.225. The van der Waals surface area contributed by atoms with Crippen LogP contribution >= 0.6 is 12.4 Å². The average Bonchev–Trinajstić information content (AvgIpc) is 3.03. The predicted molar refractivity (Wildman–Crippen MR) is 176 cm³/mol. The van der Waals surface area contributed by atoms with Gasteiger partial charge in [0.25, 0.3) is 0 Å². The first-order valence-electron chi connectivity index (χ1n) is 14.4. The first kappa shape index (κ1) is 28.4. The zero-order chi connectivity index (χ0) is 27.1. The van der Waals surface area contributed by atoms with E-state index < -0.39 is 0 Å². The summed E-state index contributed by atoms with van der Waals surface area (Å²) in [5.41, 5.74) is 10.1. The van der Waals surface area contributed by atoms with Crippen LogP contribution in [0.5, 0.6) is 0 Å². The van der Waals surface area contributed by atoms with E-state index in [1.54, 1.807) is 0 Å². The Hall–Kier alpha value is -4.08. The zero-order valence-electron chi connectivity index (χ0n) is 23.7. The highest BCUT2D eigenvalue weighted by molar-refractivity contribution is 6.10. The van der Waals surface area contributed by atoms with E-state index >= 15 is 0 Å². The summed E-state index contributed by atoms with van der Waals surface area (Å²) in [5, 5.41) is 0. The summed E-state index contributed by atoms with van der Waals surface area (Å²) >= 11 is 0. The standard InChI is InChI=1S/C37H37N3.ClH/c1-29(35-27-37(32-17-9-4-10-18-32)38-36-20-12-11-19-34(35)36)39-25-22-33(23-26-39)40(28-31-15-7-3-8-16-31)24-21-30-13-5-2-6-14-30;/h2-21,24,33H,22-23,25-28H2,1H3;1H. The molecule has 6 rings (SSSR count). The molecule has 0 atom stereocenters. The molecule has 3 nitrogen and oxygen atoms in total. The number of aliphatic imine (C=N–C) groups is 1. The molecule has 2 aliphatic heterocycles. The molecule has 1 saturated heterocycles. The second-order valence-electron chi connectivity index (χ2n) is 10.8. The lowest BCUT2D eigenvalue weighted by molar-refractivity contribution is 0.161. The molecule has 208 valence electrons. The lowest BCUT2D eigenvalue weighted by Gasteiger charge is -2.40. The van der Waals surface area contributed by atoms with E-state index in [0.29, 0.717) is 6.04 Å². The van der Waals surface area contributed by atoms with E-state index in [9.17, 15) is 0 Å². The van der Waals surface area contributed by atoms with Crippen LogP contribution in [-0.2, 0) is 6.54 Å². The van der Waals surface area contributed by atoms with Crippen LogP contribution in [0.4, 0.5) is 5.69 Å². The van der Waals surface area contributed by atoms with Gasteiger partial charge in [-0.25, -0.2) is 0 Å². The van der Waals surface area contributed by atoms with Gasteiger partial charge < -0.3 is 9.80 Å². The van der Waals surface area contributed by atoms with Crippen LogP contribution in [0.2, 0.25) is 0 Å². The Morgan fingerprint density at radius 2 is 1.41 bits per heavy atom. The van der Waals surface area contributed by atoms with E-state index in [4.69, 9.17) is 4.99 Å². The summed E-state index contributed by atoms with van der Waals surface area (Å²) in [5.74, 6) is 0. The third-order valence-electron chi connectivity index (χ3n) is 8.25. The molecule has 0 radical (unpaired) electrons. The minimum atomic E-state index is 0. The number of piperidine rings is 1. The van der Waals surface area contributed by atoms with E-state index in [2.05, 4.69) is 144 Å². The Morgan fingerprint density at radius 3 is 2.12 bits per heavy atom. The van der Waals surface area contributed by atoms with Crippen LogP contribution in [0.3, 0.4) is 0 Å². The highest BCUT2D eigenvalue weighted by atomic mass is 35.5. The maximum Gasteiger partial charge on any atom is 0.0709 e. The number of likely N-dealkylation sites (tertiary alicyclic amines) is 1. The Morgan fingerprint density at radius 1 is 0.805 bits per heavy atom. The van der Waals surface area contributed by atoms with Crippen LogP contribution in [-0.4, -0.2) is 34.6 Å². The van der Waals surface area contributed by atoms with Gasteiger partial charge in [-0.1, -0.05) is 109 Å². The first-order valence-corrected chi connectivity index (χ1v) is 14.4. The molecule has 0 aromatic heterocycles. The van der Waals surface area contributed by atoms with Crippen LogP contribution in [0.15, 0.2) is 132 Å². The summed E-state index contributed by atoms with van der Waals surface area (Å²) in [6.07, 6.45) is 7.71. The van der Waals surface area contributed by atoms with E-state index in [0.717, 1.165) is 50.3 Å². The Kier molecular flexibility index (Phi) is 9.38. The molecule has 2 heterocycles. The van der Waals surface area contributed by atoms with Gasteiger partial charge in [0, 0.05) is 49.6 Å². The average molecular weight is 560 g/mol. The number of rotatable bonds is 7. The van der Waals surface area contributed by atoms with Gasteiger partial charge in [0.15, 0.2) is 0 Å². The molecule has 2 aliphatic rings. The van der Waals surface area contributed by atoms with Crippen LogP contribution in [0.25, 0.3) is 11.6 Å². The Balaban J connectivity index is 0.00000337. The van der Waals surface area contributed by atoms with Crippen molar-refractivity contribution in [2.24, 2.45) is 4.99 Å². The molecule has 0 saturated carbocycles. The number of hydrogen-bond acceptors (Lipinski definition) is 3. The molecule has 4 aromatic carbocycles.